The normalized spacial score (nSPS) is 26.1. The van der Waals surface area contributed by atoms with Crippen LogP contribution in [0.2, 0.25) is 0 Å². The molecule has 0 unspecified atom stereocenters. The molecule has 9 nitrogen and oxygen atoms in total. The predicted octanol–water partition coefficient (Wildman–Crippen LogP) is 4.04. The van der Waals surface area contributed by atoms with E-state index < -0.39 is 21.3 Å². The molecule has 0 bridgehead atoms. The summed E-state index contributed by atoms with van der Waals surface area (Å²) < 4.78 is 41.5. The standard InChI is InChI=1S/C29H38N4O5S/c1-28(2)37-20-24(38-28)19-32-14-10-23-18-21(8-9-25(23)32)11-17-39(35,36)33-15-12-29(13-16-33)27(34)30-26(31-29)22-6-4-3-5-7-22/h8-11,14,17-18,22,24H,3-7,12-13,15-16,19-20H2,1-2H3,(H,30,31,34)/t24-/m0/s1. The Morgan fingerprint density at radius 2 is 1.90 bits per heavy atom. The first kappa shape index (κ1) is 26.7. The Kier molecular flexibility index (Phi) is 6.94. The first-order valence-electron chi connectivity index (χ1n) is 14.1. The van der Waals surface area contributed by atoms with Gasteiger partial charge in [-0.15, -0.1) is 0 Å². The summed E-state index contributed by atoms with van der Waals surface area (Å²) in [5.41, 5.74) is 1.06. The smallest absolute Gasteiger partial charge is 0.253 e. The van der Waals surface area contributed by atoms with Gasteiger partial charge in [-0.1, -0.05) is 25.3 Å². The number of benzene rings is 1. The monoisotopic (exact) mass is 554 g/mol. The van der Waals surface area contributed by atoms with Gasteiger partial charge in [-0.3, -0.25) is 9.79 Å². The van der Waals surface area contributed by atoms with Crippen LogP contribution >= 0.6 is 0 Å². The van der Waals surface area contributed by atoms with Crippen LogP contribution in [0.15, 0.2) is 40.9 Å². The molecule has 1 aromatic heterocycles. The van der Waals surface area contributed by atoms with Gasteiger partial charge in [0.05, 0.1) is 13.2 Å². The number of carbonyl (C=O) groups is 1. The molecule has 1 amide bonds. The van der Waals surface area contributed by atoms with E-state index in [2.05, 4.69) is 9.88 Å². The highest BCUT2D eigenvalue weighted by Crippen LogP contribution is 2.35. The second-order valence-corrected chi connectivity index (χ2v) is 13.6. The molecule has 210 valence electrons. The van der Waals surface area contributed by atoms with E-state index in [1.54, 1.807) is 6.08 Å². The summed E-state index contributed by atoms with van der Waals surface area (Å²) >= 11 is 0. The number of hydrogen-bond acceptors (Lipinski definition) is 6. The number of ether oxygens (including phenoxy) is 2. The van der Waals surface area contributed by atoms with Crippen LogP contribution in [0.25, 0.3) is 17.0 Å². The van der Waals surface area contributed by atoms with Gasteiger partial charge < -0.3 is 19.4 Å². The second kappa shape index (κ2) is 10.1. The Balaban J connectivity index is 1.09. The minimum atomic E-state index is -3.62. The molecule has 3 fully saturated rings. The molecule has 3 aliphatic heterocycles. The minimum absolute atomic E-state index is 0.0103. The molecule has 1 spiro atoms. The Morgan fingerprint density at radius 1 is 1.13 bits per heavy atom. The third kappa shape index (κ3) is 5.44. The zero-order chi connectivity index (χ0) is 27.3. The molecule has 1 N–H and O–H groups in total. The van der Waals surface area contributed by atoms with Crippen molar-refractivity contribution in [2.45, 2.75) is 82.8 Å². The van der Waals surface area contributed by atoms with E-state index in [1.807, 2.05) is 44.3 Å². The predicted molar refractivity (Wildman–Crippen MR) is 150 cm³/mol. The van der Waals surface area contributed by atoms with E-state index in [-0.39, 0.29) is 25.1 Å². The van der Waals surface area contributed by atoms with Crippen molar-refractivity contribution in [1.29, 1.82) is 0 Å². The van der Waals surface area contributed by atoms with Gasteiger partial charge in [-0.05, 0) is 69.4 Å². The summed E-state index contributed by atoms with van der Waals surface area (Å²) in [5, 5.41) is 5.35. The fourth-order valence-electron chi connectivity index (χ4n) is 6.37. The maximum atomic E-state index is 13.1. The fraction of sp³-hybridized carbons (Fsp3) is 0.586. The number of rotatable bonds is 6. The molecular formula is C29H38N4O5S. The summed E-state index contributed by atoms with van der Waals surface area (Å²) in [4.78, 5) is 17.7. The summed E-state index contributed by atoms with van der Waals surface area (Å²) in [6.45, 7) is 5.66. The molecule has 2 saturated heterocycles. The van der Waals surface area contributed by atoms with Crippen molar-refractivity contribution < 1.29 is 22.7 Å². The van der Waals surface area contributed by atoms with Crippen LogP contribution in [-0.2, 0) is 30.8 Å². The molecule has 1 aliphatic carbocycles. The summed E-state index contributed by atoms with van der Waals surface area (Å²) in [7, 11) is -3.62. The minimum Gasteiger partial charge on any atom is -0.348 e. The molecule has 1 aromatic carbocycles. The number of nitrogens with one attached hydrogen (secondary N) is 1. The van der Waals surface area contributed by atoms with Crippen molar-refractivity contribution in [3.05, 3.63) is 41.4 Å². The zero-order valence-corrected chi connectivity index (χ0v) is 23.6. The van der Waals surface area contributed by atoms with E-state index in [4.69, 9.17) is 14.5 Å². The topological polar surface area (TPSA) is 102 Å². The van der Waals surface area contributed by atoms with Crippen LogP contribution in [0.4, 0.5) is 0 Å². The average Bonchev–Trinajstić information content (AvgIpc) is 3.58. The van der Waals surface area contributed by atoms with Crippen LogP contribution in [0.1, 0.15) is 64.4 Å². The molecular weight excluding hydrogens is 516 g/mol. The Hall–Kier alpha value is -2.53. The average molecular weight is 555 g/mol. The maximum Gasteiger partial charge on any atom is 0.253 e. The van der Waals surface area contributed by atoms with Gasteiger partial charge in [0.2, 0.25) is 10.0 Å². The second-order valence-electron chi connectivity index (χ2n) is 11.8. The number of amides is 1. The number of amidine groups is 1. The molecule has 1 saturated carbocycles. The van der Waals surface area contributed by atoms with Gasteiger partial charge in [0.15, 0.2) is 5.79 Å². The largest absolute Gasteiger partial charge is 0.348 e. The Labute approximate surface area is 230 Å². The first-order valence-corrected chi connectivity index (χ1v) is 15.6. The maximum absolute atomic E-state index is 13.1. The number of aliphatic imine (C=N–C) groups is 1. The molecule has 2 aromatic rings. The van der Waals surface area contributed by atoms with Crippen molar-refractivity contribution in [1.82, 2.24) is 14.2 Å². The van der Waals surface area contributed by atoms with Crippen molar-refractivity contribution in [3.63, 3.8) is 0 Å². The van der Waals surface area contributed by atoms with Crippen LogP contribution in [0.3, 0.4) is 0 Å². The van der Waals surface area contributed by atoms with Gasteiger partial charge in [0.1, 0.15) is 17.5 Å². The molecule has 4 heterocycles. The Morgan fingerprint density at radius 3 is 2.62 bits per heavy atom. The van der Waals surface area contributed by atoms with Crippen LogP contribution in [0.5, 0.6) is 0 Å². The highest BCUT2D eigenvalue weighted by Gasteiger charge is 2.48. The Bertz CT molecular complexity index is 1410. The lowest BCUT2D eigenvalue weighted by Gasteiger charge is -2.34. The van der Waals surface area contributed by atoms with E-state index in [1.165, 1.54) is 29.0 Å². The van der Waals surface area contributed by atoms with Crippen LogP contribution < -0.4 is 5.32 Å². The molecule has 39 heavy (non-hydrogen) atoms. The quantitative estimate of drug-likeness (QED) is 0.581. The third-order valence-electron chi connectivity index (χ3n) is 8.60. The van der Waals surface area contributed by atoms with Gasteiger partial charge >= 0.3 is 0 Å². The van der Waals surface area contributed by atoms with E-state index in [0.717, 1.165) is 35.1 Å². The fourth-order valence-corrected chi connectivity index (χ4v) is 7.56. The molecule has 10 heteroatoms. The third-order valence-corrected chi connectivity index (χ3v) is 10.2. The highest BCUT2D eigenvalue weighted by molar-refractivity contribution is 7.92. The number of carbonyl (C=O) groups excluding carboxylic acids is 1. The SMILES string of the molecule is CC1(C)OC[C@H](Cn2ccc3cc(C=CS(=O)(=O)N4CCC5(CC4)N=C(C4CCCCC4)NC5=O)ccc32)O1. The number of fused-ring (bicyclic) bond motifs is 1. The summed E-state index contributed by atoms with van der Waals surface area (Å²) in [6, 6.07) is 7.95. The lowest BCUT2D eigenvalue weighted by molar-refractivity contribution is -0.139. The number of piperidine rings is 1. The van der Waals surface area contributed by atoms with Gasteiger partial charge in [-0.25, -0.2) is 8.42 Å². The van der Waals surface area contributed by atoms with Gasteiger partial charge in [0, 0.05) is 41.5 Å². The van der Waals surface area contributed by atoms with Crippen molar-refractivity contribution in [2.75, 3.05) is 19.7 Å². The summed E-state index contributed by atoms with van der Waals surface area (Å²) in [5.74, 6) is 0.540. The lowest BCUT2D eigenvalue weighted by Crippen LogP contribution is -2.50. The van der Waals surface area contributed by atoms with Crippen LogP contribution in [0, 0.1) is 5.92 Å². The van der Waals surface area contributed by atoms with Crippen molar-refractivity contribution in [3.8, 4) is 0 Å². The summed E-state index contributed by atoms with van der Waals surface area (Å²) in [6.07, 6.45) is 10.2. The number of hydrogen-bond donors (Lipinski definition) is 1. The van der Waals surface area contributed by atoms with E-state index in [0.29, 0.717) is 31.9 Å². The molecule has 4 aliphatic rings. The van der Waals surface area contributed by atoms with E-state index >= 15 is 0 Å². The lowest BCUT2D eigenvalue weighted by atomic mass is 9.88. The number of nitrogens with zero attached hydrogens (tertiary/aromatic N) is 3. The number of aromatic nitrogens is 1. The van der Waals surface area contributed by atoms with Gasteiger partial charge in [0.25, 0.3) is 5.91 Å². The van der Waals surface area contributed by atoms with E-state index in [9.17, 15) is 13.2 Å². The van der Waals surface area contributed by atoms with Crippen molar-refractivity contribution in [2.24, 2.45) is 10.9 Å². The zero-order valence-electron chi connectivity index (χ0n) is 22.8. The number of sulfonamides is 1. The van der Waals surface area contributed by atoms with Crippen molar-refractivity contribution >= 4 is 38.7 Å². The molecule has 1 atom stereocenters. The first-order chi connectivity index (χ1) is 18.6. The molecule has 6 rings (SSSR count). The highest BCUT2D eigenvalue weighted by atomic mass is 32.2. The van der Waals surface area contributed by atoms with Gasteiger partial charge in [-0.2, -0.15) is 4.31 Å². The molecule has 0 radical (unpaired) electrons. The van der Waals surface area contributed by atoms with Crippen LogP contribution in [-0.4, -0.2) is 66.2 Å².